The third-order valence-corrected chi connectivity index (χ3v) is 4.52. The van der Waals surface area contributed by atoms with Gasteiger partial charge in [0.05, 0.1) is 23.1 Å². The predicted molar refractivity (Wildman–Crippen MR) is 92.3 cm³/mol. The van der Waals surface area contributed by atoms with Gasteiger partial charge >= 0.3 is 0 Å². The van der Waals surface area contributed by atoms with E-state index in [1.807, 2.05) is 33.8 Å². The zero-order chi connectivity index (χ0) is 16.2. The number of carbonyl (C=O) groups excluding carboxylic acids is 1. The van der Waals surface area contributed by atoms with Gasteiger partial charge in [-0.05, 0) is 43.9 Å². The van der Waals surface area contributed by atoms with Crippen LogP contribution < -0.4 is 0 Å². The second-order valence-corrected chi connectivity index (χ2v) is 6.44. The number of aromatic nitrogens is 2. The van der Waals surface area contributed by atoms with Crippen LogP contribution in [0.1, 0.15) is 48.7 Å². The van der Waals surface area contributed by atoms with Crippen LogP contribution in [0.4, 0.5) is 0 Å². The highest BCUT2D eigenvalue weighted by atomic mass is 35.5. The Morgan fingerprint density at radius 3 is 2.74 bits per heavy atom. The van der Waals surface area contributed by atoms with Gasteiger partial charge in [-0.15, -0.1) is 0 Å². The molecule has 0 atom stereocenters. The summed E-state index contributed by atoms with van der Waals surface area (Å²) in [6, 6.07) is 7.59. The quantitative estimate of drug-likeness (QED) is 0.845. The van der Waals surface area contributed by atoms with Crippen molar-refractivity contribution in [2.24, 2.45) is 0 Å². The van der Waals surface area contributed by atoms with Gasteiger partial charge in [-0.2, -0.15) is 5.10 Å². The van der Waals surface area contributed by atoms with Crippen molar-refractivity contribution in [3.8, 4) is 5.69 Å². The first-order valence-electron chi connectivity index (χ1n) is 8.33. The first-order chi connectivity index (χ1) is 11.2. The molecule has 122 valence electrons. The smallest absolute Gasteiger partial charge is 0.257 e. The number of piperidine rings is 1. The number of benzene rings is 1. The SMILES string of the molecule is CCCc1c(C(=O)N2CCCCC2)cnn1-c1cccc(Cl)c1. The largest absolute Gasteiger partial charge is 0.339 e. The number of likely N-dealkylation sites (tertiary alicyclic amines) is 1. The van der Waals surface area contributed by atoms with Crippen molar-refractivity contribution in [1.29, 1.82) is 0 Å². The fourth-order valence-electron chi connectivity index (χ4n) is 3.13. The van der Waals surface area contributed by atoms with Gasteiger partial charge in [0.1, 0.15) is 0 Å². The Kier molecular flexibility index (Phi) is 5.01. The average molecular weight is 332 g/mol. The molecule has 1 aromatic heterocycles. The zero-order valence-electron chi connectivity index (χ0n) is 13.5. The Bertz CT molecular complexity index is 689. The molecule has 23 heavy (non-hydrogen) atoms. The third kappa shape index (κ3) is 3.42. The topological polar surface area (TPSA) is 38.1 Å². The van der Waals surface area contributed by atoms with Gasteiger partial charge in [0.15, 0.2) is 0 Å². The van der Waals surface area contributed by atoms with E-state index in [-0.39, 0.29) is 5.91 Å². The van der Waals surface area contributed by atoms with Crippen molar-refractivity contribution in [2.75, 3.05) is 13.1 Å². The minimum atomic E-state index is 0.112. The molecule has 0 spiro atoms. The summed E-state index contributed by atoms with van der Waals surface area (Å²) < 4.78 is 1.85. The fourth-order valence-corrected chi connectivity index (χ4v) is 3.31. The van der Waals surface area contributed by atoms with Crippen molar-refractivity contribution in [3.63, 3.8) is 0 Å². The molecule has 1 aliphatic heterocycles. The highest BCUT2D eigenvalue weighted by molar-refractivity contribution is 6.30. The molecule has 1 fully saturated rings. The number of hydrogen-bond acceptors (Lipinski definition) is 2. The number of carbonyl (C=O) groups is 1. The first kappa shape index (κ1) is 16.1. The number of nitrogens with zero attached hydrogens (tertiary/aromatic N) is 3. The lowest BCUT2D eigenvalue weighted by Crippen LogP contribution is -2.36. The van der Waals surface area contributed by atoms with Gasteiger partial charge in [0.2, 0.25) is 0 Å². The molecular formula is C18H22ClN3O. The van der Waals surface area contributed by atoms with Crippen LogP contribution in [0.5, 0.6) is 0 Å². The molecule has 1 aliphatic rings. The van der Waals surface area contributed by atoms with Crippen molar-refractivity contribution >= 4 is 17.5 Å². The van der Waals surface area contributed by atoms with Crippen LogP contribution in [0.15, 0.2) is 30.5 Å². The summed E-state index contributed by atoms with van der Waals surface area (Å²) in [4.78, 5) is 14.8. The van der Waals surface area contributed by atoms with Crippen LogP contribution in [0.25, 0.3) is 5.69 Å². The maximum Gasteiger partial charge on any atom is 0.257 e. The van der Waals surface area contributed by atoms with Gasteiger partial charge in [0, 0.05) is 18.1 Å². The summed E-state index contributed by atoms with van der Waals surface area (Å²) in [7, 11) is 0. The highest BCUT2D eigenvalue weighted by Gasteiger charge is 2.24. The van der Waals surface area contributed by atoms with Crippen LogP contribution in [0, 0.1) is 0 Å². The van der Waals surface area contributed by atoms with E-state index in [4.69, 9.17) is 11.6 Å². The molecule has 0 radical (unpaired) electrons. The summed E-state index contributed by atoms with van der Waals surface area (Å²) in [6.45, 7) is 3.82. The summed E-state index contributed by atoms with van der Waals surface area (Å²) in [5.74, 6) is 0.112. The van der Waals surface area contributed by atoms with Gasteiger partial charge in [-0.25, -0.2) is 4.68 Å². The molecule has 3 rings (SSSR count). The lowest BCUT2D eigenvalue weighted by atomic mass is 10.1. The second kappa shape index (κ2) is 7.18. The van der Waals surface area contributed by atoms with Crippen LogP contribution in [0.3, 0.4) is 0 Å². The molecule has 0 unspecified atom stereocenters. The minimum absolute atomic E-state index is 0.112. The van der Waals surface area contributed by atoms with Crippen LogP contribution in [0.2, 0.25) is 5.02 Å². The molecule has 1 aromatic carbocycles. The molecule has 0 aliphatic carbocycles. The Hall–Kier alpha value is -1.81. The summed E-state index contributed by atoms with van der Waals surface area (Å²) >= 11 is 6.10. The number of hydrogen-bond donors (Lipinski definition) is 0. The van der Waals surface area contributed by atoms with E-state index in [1.165, 1.54) is 6.42 Å². The van der Waals surface area contributed by atoms with Crippen LogP contribution in [-0.2, 0) is 6.42 Å². The van der Waals surface area contributed by atoms with Crippen molar-refractivity contribution in [2.45, 2.75) is 39.0 Å². The predicted octanol–water partition coefficient (Wildman–Crippen LogP) is 4.10. The molecule has 2 aromatic rings. The highest BCUT2D eigenvalue weighted by Crippen LogP contribution is 2.22. The van der Waals surface area contributed by atoms with E-state index in [2.05, 4.69) is 12.0 Å². The molecule has 0 bridgehead atoms. The van der Waals surface area contributed by atoms with Gasteiger partial charge in [-0.1, -0.05) is 31.0 Å². The summed E-state index contributed by atoms with van der Waals surface area (Å²) in [5, 5.41) is 5.14. The molecule has 1 saturated heterocycles. The third-order valence-electron chi connectivity index (χ3n) is 4.28. The summed E-state index contributed by atoms with van der Waals surface area (Å²) in [5.41, 5.74) is 2.61. The fraction of sp³-hybridized carbons (Fsp3) is 0.444. The van der Waals surface area contributed by atoms with E-state index in [0.717, 1.165) is 55.7 Å². The first-order valence-corrected chi connectivity index (χ1v) is 8.70. The Morgan fingerprint density at radius 1 is 1.26 bits per heavy atom. The number of rotatable bonds is 4. The standard InChI is InChI=1S/C18H22ClN3O/c1-2-7-17-16(18(23)21-10-4-3-5-11-21)13-20-22(17)15-9-6-8-14(19)12-15/h6,8-9,12-13H,2-5,7,10-11H2,1H3. The van der Waals surface area contributed by atoms with Crippen molar-refractivity contribution in [1.82, 2.24) is 14.7 Å². The number of amides is 1. The minimum Gasteiger partial charge on any atom is -0.339 e. The lowest BCUT2D eigenvalue weighted by Gasteiger charge is -2.26. The molecule has 5 heteroatoms. The van der Waals surface area contributed by atoms with Gasteiger partial charge in [0.25, 0.3) is 5.91 Å². The molecule has 0 saturated carbocycles. The molecule has 1 amide bonds. The van der Waals surface area contributed by atoms with E-state index in [1.54, 1.807) is 6.20 Å². The van der Waals surface area contributed by atoms with Gasteiger partial charge in [-0.3, -0.25) is 4.79 Å². The molecule has 2 heterocycles. The number of halogens is 1. The normalized spacial score (nSPS) is 15.0. The lowest BCUT2D eigenvalue weighted by molar-refractivity contribution is 0.0723. The van der Waals surface area contributed by atoms with E-state index in [0.29, 0.717) is 5.02 Å². The monoisotopic (exact) mass is 331 g/mol. The maximum absolute atomic E-state index is 12.9. The van der Waals surface area contributed by atoms with Crippen molar-refractivity contribution in [3.05, 3.63) is 46.7 Å². The van der Waals surface area contributed by atoms with E-state index in [9.17, 15) is 4.79 Å². The van der Waals surface area contributed by atoms with E-state index >= 15 is 0 Å². The summed E-state index contributed by atoms with van der Waals surface area (Å²) in [6.07, 6.45) is 6.90. The molecular weight excluding hydrogens is 310 g/mol. The van der Waals surface area contributed by atoms with Crippen LogP contribution >= 0.6 is 11.6 Å². The van der Waals surface area contributed by atoms with Crippen LogP contribution in [-0.4, -0.2) is 33.7 Å². The zero-order valence-corrected chi connectivity index (χ0v) is 14.2. The molecule has 0 N–H and O–H groups in total. The average Bonchev–Trinajstić information content (AvgIpc) is 2.99. The Morgan fingerprint density at radius 2 is 2.04 bits per heavy atom. The Labute approximate surface area is 142 Å². The second-order valence-electron chi connectivity index (χ2n) is 6.00. The maximum atomic E-state index is 12.9. The van der Waals surface area contributed by atoms with Crippen molar-refractivity contribution < 1.29 is 4.79 Å². The molecule has 4 nitrogen and oxygen atoms in total. The van der Waals surface area contributed by atoms with Gasteiger partial charge < -0.3 is 4.90 Å². The Balaban J connectivity index is 1.96. The van der Waals surface area contributed by atoms with E-state index < -0.39 is 0 Å².